The Morgan fingerprint density at radius 3 is 2.15 bits per heavy atom. The maximum atomic E-state index is 14.4. The number of amides is 3. The average Bonchev–Trinajstić information content (AvgIpc) is 3.24. The van der Waals surface area contributed by atoms with E-state index >= 15 is 0 Å². The molecule has 7 heteroatoms. The van der Waals surface area contributed by atoms with Crippen molar-refractivity contribution in [3.63, 3.8) is 0 Å². The monoisotopic (exact) mass is 512 g/mol. The molecule has 0 radical (unpaired) electrons. The van der Waals surface area contributed by atoms with Gasteiger partial charge in [-0.15, -0.1) is 0 Å². The number of aromatic nitrogens is 1. The molecular formula is C32H24N4O3. The van der Waals surface area contributed by atoms with Crippen LogP contribution >= 0.6 is 0 Å². The molecule has 39 heavy (non-hydrogen) atoms. The van der Waals surface area contributed by atoms with Gasteiger partial charge in [-0.2, -0.15) is 5.10 Å². The first-order valence-electron chi connectivity index (χ1n) is 12.9. The number of nitrogens with one attached hydrogen (secondary N) is 1. The third kappa shape index (κ3) is 3.13. The number of anilines is 1. The third-order valence-corrected chi connectivity index (χ3v) is 8.42. The Morgan fingerprint density at radius 1 is 0.872 bits per heavy atom. The largest absolute Gasteiger partial charge is 0.274 e. The van der Waals surface area contributed by atoms with Gasteiger partial charge < -0.3 is 0 Å². The quantitative estimate of drug-likeness (QED) is 0.250. The van der Waals surface area contributed by atoms with E-state index in [0.717, 1.165) is 27.8 Å². The molecule has 0 unspecified atom stereocenters. The van der Waals surface area contributed by atoms with Crippen molar-refractivity contribution in [3.8, 4) is 0 Å². The summed E-state index contributed by atoms with van der Waals surface area (Å²) in [6.07, 6.45) is 4.75. The molecule has 1 aliphatic heterocycles. The highest BCUT2D eigenvalue weighted by Crippen LogP contribution is 2.63. The van der Waals surface area contributed by atoms with Crippen LogP contribution in [0.1, 0.15) is 44.1 Å². The number of para-hydroxylation sites is 1. The number of rotatable bonds is 4. The first-order valence-corrected chi connectivity index (χ1v) is 12.9. The Kier molecular flexibility index (Phi) is 5.10. The van der Waals surface area contributed by atoms with Crippen molar-refractivity contribution in [2.45, 2.75) is 18.3 Å². The summed E-state index contributed by atoms with van der Waals surface area (Å²) < 4.78 is 0. The number of carbonyl (C=O) groups is 3. The molecule has 2 bridgehead atoms. The topological polar surface area (TPSA) is 91.7 Å². The molecular weight excluding hydrogens is 488 g/mol. The zero-order valence-electron chi connectivity index (χ0n) is 21.1. The number of hydrazone groups is 1. The minimum absolute atomic E-state index is 0.202. The van der Waals surface area contributed by atoms with Crippen molar-refractivity contribution in [1.82, 2.24) is 10.4 Å². The molecule has 4 aromatic rings. The van der Waals surface area contributed by atoms with Crippen LogP contribution in [0.2, 0.25) is 0 Å². The minimum Gasteiger partial charge on any atom is -0.274 e. The van der Waals surface area contributed by atoms with E-state index in [0.29, 0.717) is 11.3 Å². The summed E-state index contributed by atoms with van der Waals surface area (Å²) >= 11 is 0. The lowest BCUT2D eigenvalue weighted by Crippen LogP contribution is -2.54. The molecule has 2 atom stereocenters. The summed E-state index contributed by atoms with van der Waals surface area (Å²) in [6.45, 7) is 1.90. The summed E-state index contributed by atoms with van der Waals surface area (Å²) in [7, 11) is 0. The van der Waals surface area contributed by atoms with Gasteiger partial charge in [0.15, 0.2) is 0 Å². The van der Waals surface area contributed by atoms with Gasteiger partial charge in [-0.1, -0.05) is 66.7 Å². The standard InChI is InChI=1S/C32H24N4O3/c1-19-8-2-7-13-25(19)36-30(38)27-26-21-9-3-5-11-23(21)32(28(27)31(36)39,24-12-6-4-10-22(24)26)18-34-35-29(37)20-14-16-33-17-15-20/h2-18,26-28H,1H3,(H,35,37)/b34-18-/t26?,27-,28-,32?/m1/s1. The summed E-state index contributed by atoms with van der Waals surface area (Å²) in [5.74, 6) is -2.39. The number of imide groups is 1. The van der Waals surface area contributed by atoms with Crippen LogP contribution < -0.4 is 10.3 Å². The molecule has 3 aromatic carbocycles. The van der Waals surface area contributed by atoms with Crippen molar-refractivity contribution in [2.24, 2.45) is 16.9 Å². The van der Waals surface area contributed by atoms with Gasteiger partial charge in [0, 0.05) is 30.1 Å². The van der Waals surface area contributed by atoms with E-state index in [-0.39, 0.29) is 23.6 Å². The summed E-state index contributed by atoms with van der Waals surface area (Å²) in [6, 6.07) is 26.6. The first kappa shape index (κ1) is 23.2. The van der Waals surface area contributed by atoms with E-state index in [1.165, 1.54) is 4.90 Å². The molecule has 0 spiro atoms. The number of hydrogen-bond acceptors (Lipinski definition) is 5. The van der Waals surface area contributed by atoms with Crippen LogP contribution in [0.5, 0.6) is 0 Å². The fourth-order valence-corrected chi connectivity index (χ4v) is 6.86. The summed E-state index contributed by atoms with van der Waals surface area (Å²) in [5, 5.41) is 4.44. The number of aryl methyl sites for hydroxylation is 1. The zero-order chi connectivity index (χ0) is 26.7. The van der Waals surface area contributed by atoms with E-state index in [2.05, 4.69) is 15.5 Å². The van der Waals surface area contributed by atoms with Crippen LogP contribution in [-0.4, -0.2) is 28.9 Å². The Morgan fingerprint density at radius 2 is 1.49 bits per heavy atom. The normalized spacial score (nSPS) is 24.4. The van der Waals surface area contributed by atoms with Gasteiger partial charge in [0.1, 0.15) is 0 Å². The van der Waals surface area contributed by atoms with Crippen molar-refractivity contribution in [3.05, 3.63) is 131 Å². The maximum Gasteiger partial charge on any atom is 0.271 e. The van der Waals surface area contributed by atoms with E-state index < -0.39 is 17.3 Å². The van der Waals surface area contributed by atoms with Gasteiger partial charge in [-0.3, -0.25) is 19.4 Å². The second kappa shape index (κ2) is 8.56. The predicted molar refractivity (Wildman–Crippen MR) is 146 cm³/mol. The fraction of sp³-hybridized carbons (Fsp3) is 0.156. The molecule has 1 fully saturated rings. The zero-order valence-corrected chi connectivity index (χ0v) is 21.1. The lowest BCUT2D eigenvalue weighted by atomic mass is 9.47. The lowest BCUT2D eigenvalue weighted by Gasteiger charge is -2.52. The van der Waals surface area contributed by atoms with Crippen molar-refractivity contribution >= 4 is 29.6 Å². The van der Waals surface area contributed by atoms with Crippen LogP contribution in [0.15, 0.2) is 102 Å². The molecule has 1 aromatic heterocycles. The number of carbonyl (C=O) groups excluding carboxylic acids is 3. The van der Waals surface area contributed by atoms with Crippen LogP contribution in [0, 0.1) is 18.8 Å². The van der Waals surface area contributed by atoms with Gasteiger partial charge in [0.25, 0.3) is 5.91 Å². The minimum atomic E-state index is -1.04. The van der Waals surface area contributed by atoms with E-state index in [1.54, 1.807) is 30.7 Å². The summed E-state index contributed by atoms with van der Waals surface area (Å²) in [4.78, 5) is 46.7. The predicted octanol–water partition coefficient (Wildman–Crippen LogP) is 4.36. The van der Waals surface area contributed by atoms with Crippen LogP contribution in [0.25, 0.3) is 0 Å². The number of pyridine rings is 1. The second-order valence-electron chi connectivity index (χ2n) is 10.3. The molecule has 3 aliphatic carbocycles. The van der Waals surface area contributed by atoms with Crippen molar-refractivity contribution in [2.75, 3.05) is 4.90 Å². The fourth-order valence-electron chi connectivity index (χ4n) is 6.86. The molecule has 0 saturated carbocycles. The number of nitrogens with zero attached hydrogens (tertiary/aromatic N) is 3. The smallest absolute Gasteiger partial charge is 0.271 e. The lowest BCUT2D eigenvalue weighted by molar-refractivity contribution is -0.122. The summed E-state index contributed by atoms with van der Waals surface area (Å²) in [5.41, 5.74) is 7.37. The Hall–Kier alpha value is -4.91. The van der Waals surface area contributed by atoms with Crippen LogP contribution in [0.4, 0.5) is 5.69 Å². The second-order valence-corrected chi connectivity index (χ2v) is 10.3. The van der Waals surface area contributed by atoms with E-state index in [4.69, 9.17) is 0 Å². The molecule has 1 N–H and O–H groups in total. The van der Waals surface area contributed by atoms with Gasteiger partial charge in [0.2, 0.25) is 11.8 Å². The Bertz CT molecular complexity index is 1650. The van der Waals surface area contributed by atoms with Crippen molar-refractivity contribution in [1.29, 1.82) is 0 Å². The molecule has 3 amide bonds. The highest BCUT2D eigenvalue weighted by atomic mass is 16.2. The van der Waals surface area contributed by atoms with Gasteiger partial charge in [-0.25, -0.2) is 10.3 Å². The van der Waals surface area contributed by atoms with Gasteiger partial charge in [0.05, 0.1) is 22.9 Å². The molecule has 2 heterocycles. The van der Waals surface area contributed by atoms with E-state index in [1.807, 2.05) is 79.7 Å². The van der Waals surface area contributed by atoms with E-state index in [9.17, 15) is 14.4 Å². The van der Waals surface area contributed by atoms with Crippen LogP contribution in [-0.2, 0) is 15.0 Å². The Labute approximate surface area is 225 Å². The molecule has 7 nitrogen and oxygen atoms in total. The molecule has 190 valence electrons. The highest BCUT2D eigenvalue weighted by Gasteiger charge is 2.68. The third-order valence-electron chi connectivity index (χ3n) is 8.42. The Balaban J connectivity index is 1.43. The number of benzene rings is 3. The van der Waals surface area contributed by atoms with Gasteiger partial charge in [-0.05, 0) is 52.9 Å². The molecule has 1 saturated heterocycles. The van der Waals surface area contributed by atoms with Crippen LogP contribution in [0.3, 0.4) is 0 Å². The SMILES string of the molecule is Cc1ccccc1N1C(=O)[C@@H]2C3c4ccccc4C(/C=N\NC(=O)c4ccncc4)(c4ccccc43)[C@H]2C1=O. The molecule has 4 aliphatic rings. The molecule has 8 rings (SSSR count). The first-order chi connectivity index (χ1) is 19.0. The van der Waals surface area contributed by atoms with Crippen molar-refractivity contribution < 1.29 is 14.4 Å². The van der Waals surface area contributed by atoms with Gasteiger partial charge >= 0.3 is 0 Å². The number of hydrogen-bond donors (Lipinski definition) is 1. The average molecular weight is 513 g/mol. The highest BCUT2D eigenvalue weighted by molar-refractivity contribution is 6.25. The maximum absolute atomic E-state index is 14.4.